The number of nitriles is 1. The first kappa shape index (κ1) is 14.0. The molecule has 0 aromatic heterocycles. The van der Waals surface area contributed by atoms with Crippen LogP contribution in [0.25, 0.3) is 0 Å². The summed E-state index contributed by atoms with van der Waals surface area (Å²) >= 11 is 0. The number of rotatable bonds is 4. The number of ether oxygens (including phenoxy) is 1. The van der Waals surface area contributed by atoms with Gasteiger partial charge in [-0.3, -0.25) is 4.79 Å². The standard InChI is InChI=1S/C14H18N2O2/c1-10(2)16(8-7-15)14(17)12-6-5-11(3)13(9-12)18-4/h5-6,9-10H,8H2,1-4H3. The summed E-state index contributed by atoms with van der Waals surface area (Å²) in [5, 5.41) is 8.76. The van der Waals surface area contributed by atoms with E-state index >= 15 is 0 Å². The molecule has 1 aromatic rings. The van der Waals surface area contributed by atoms with E-state index in [1.54, 1.807) is 19.2 Å². The van der Waals surface area contributed by atoms with Gasteiger partial charge in [0.05, 0.1) is 13.2 Å². The fourth-order valence-corrected chi connectivity index (χ4v) is 1.68. The second-order valence-electron chi connectivity index (χ2n) is 4.37. The van der Waals surface area contributed by atoms with Gasteiger partial charge < -0.3 is 9.64 Å². The summed E-state index contributed by atoms with van der Waals surface area (Å²) in [5.74, 6) is 0.534. The Morgan fingerprint density at radius 3 is 2.67 bits per heavy atom. The summed E-state index contributed by atoms with van der Waals surface area (Å²) in [6, 6.07) is 7.32. The van der Waals surface area contributed by atoms with Gasteiger partial charge in [0.15, 0.2) is 0 Å². The maximum atomic E-state index is 12.3. The first-order chi connectivity index (χ1) is 8.51. The fraction of sp³-hybridized carbons (Fsp3) is 0.429. The Kier molecular flexibility index (Phi) is 4.73. The van der Waals surface area contributed by atoms with E-state index in [1.165, 1.54) is 4.90 Å². The molecule has 1 aromatic carbocycles. The maximum absolute atomic E-state index is 12.3. The molecule has 96 valence electrons. The quantitative estimate of drug-likeness (QED) is 0.766. The smallest absolute Gasteiger partial charge is 0.255 e. The third-order valence-electron chi connectivity index (χ3n) is 2.78. The van der Waals surface area contributed by atoms with Gasteiger partial charge in [-0.1, -0.05) is 6.07 Å². The first-order valence-electron chi connectivity index (χ1n) is 5.83. The SMILES string of the molecule is COc1cc(C(=O)N(CC#N)C(C)C)ccc1C. The highest BCUT2D eigenvalue weighted by molar-refractivity contribution is 5.95. The molecule has 1 rings (SSSR count). The van der Waals surface area contributed by atoms with Crippen LogP contribution in [-0.4, -0.2) is 30.5 Å². The molecule has 0 atom stereocenters. The fourth-order valence-electron chi connectivity index (χ4n) is 1.68. The topological polar surface area (TPSA) is 53.3 Å². The van der Waals surface area contributed by atoms with Crippen LogP contribution in [-0.2, 0) is 0 Å². The number of hydrogen-bond acceptors (Lipinski definition) is 3. The number of amides is 1. The molecule has 0 heterocycles. The Hall–Kier alpha value is -2.02. The number of hydrogen-bond donors (Lipinski definition) is 0. The van der Waals surface area contributed by atoms with E-state index in [0.29, 0.717) is 11.3 Å². The Morgan fingerprint density at radius 1 is 1.50 bits per heavy atom. The van der Waals surface area contributed by atoms with E-state index in [1.807, 2.05) is 32.9 Å². The average Bonchev–Trinajstić information content (AvgIpc) is 2.35. The zero-order chi connectivity index (χ0) is 13.7. The number of aryl methyl sites for hydroxylation is 1. The predicted molar refractivity (Wildman–Crippen MR) is 69.5 cm³/mol. The zero-order valence-electron chi connectivity index (χ0n) is 11.2. The summed E-state index contributed by atoms with van der Waals surface area (Å²) in [6.45, 7) is 5.79. The average molecular weight is 246 g/mol. The van der Waals surface area contributed by atoms with Crippen LogP contribution in [0.5, 0.6) is 5.75 Å². The van der Waals surface area contributed by atoms with Crippen LogP contribution >= 0.6 is 0 Å². The van der Waals surface area contributed by atoms with Crippen molar-refractivity contribution in [1.29, 1.82) is 5.26 Å². The molecule has 0 bridgehead atoms. The van der Waals surface area contributed by atoms with Crippen molar-refractivity contribution in [1.82, 2.24) is 4.90 Å². The monoisotopic (exact) mass is 246 g/mol. The van der Waals surface area contributed by atoms with E-state index in [2.05, 4.69) is 0 Å². The molecule has 0 unspecified atom stereocenters. The van der Waals surface area contributed by atoms with Gasteiger partial charge in [0.1, 0.15) is 12.3 Å². The van der Waals surface area contributed by atoms with Gasteiger partial charge in [0.2, 0.25) is 0 Å². The minimum absolute atomic E-state index is 0.00977. The van der Waals surface area contributed by atoms with Gasteiger partial charge in [-0.25, -0.2) is 0 Å². The summed E-state index contributed by atoms with van der Waals surface area (Å²) < 4.78 is 5.20. The van der Waals surface area contributed by atoms with Crippen molar-refractivity contribution in [3.63, 3.8) is 0 Å². The van der Waals surface area contributed by atoms with E-state index < -0.39 is 0 Å². The van der Waals surface area contributed by atoms with E-state index in [-0.39, 0.29) is 18.5 Å². The van der Waals surface area contributed by atoms with Crippen LogP contribution in [0.3, 0.4) is 0 Å². The molecule has 0 fully saturated rings. The minimum Gasteiger partial charge on any atom is -0.496 e. The third kappa shape index (κ3) is 3.01. The molecule has 0 aliphatic carbocycles. The Bertz CT molecular complexity index is 475. The second kappa shape index (κ2) is 6.06. The number of nitrogens with zero attached hydrogens (tertiary/aromatic N) is 2. The van der Waals surface area contributed by atoms with Crippen LogP contribution in [0, 0.1) is 18.3 Å². The Labute approximate surface area is 108 Å². The number of carbonyl (C=O) groups is 1. The number of benzene rings is 1. The highest BCUT2D eigenvalue weighted by atomic mass is 16.5. The van der Waals surface area contributed by atoms with Gasteiger partial charge >= 0.3 is 0 Å². The van der Waals surface area contributed by atoms with Gasteiger partial charge in [-0.05, 0) is 38.5 Å². The second-order valence-corrected chi connectivity index (χ2v) is 4.37. The van der Waals surface area contributed by atoms with Gasteiger partial charge in [-0.2, -0.15) is 5.26 Å². The molecule has 4 heteroatoms. The Morgan fingerprint density at radius 2 is 2.17 bits per heavy atom. The molecule has 0 saturated heterocycles. The molecule has 0 radical (unpaired) electrons. The van der Waals surface area contributed by atoms with Gasteiger partial charge in [0, 0.05) is 11.6 Å². The lowest BCUT2D eigenvalue weighted by atomic mass is 10.1. The van der Waals surface area contributed by atoms with E-state index in [9.17, 15) is 4.79 Å². The molecule has 0 N–H and O–H groups in total. The normalized spacial score (nSPS) is 10.0. The van der Waals surface area contributed by atoms with Crippen molar-refractivity contribution in [3.8, 4) is 11.8 Å². The van der Waals surface area contributed by atoms with Crippen molar-refractivity contribution in [3.05, 3.63) is 29.3 Å². The molecule has 4 nitrogen and oxygen atoms in total. The lowest BCUT2D eigenvalue weighted by molar-refractivity contribution is 0.0731. The Balaban J connectivity index is 3.06. The van der Waals surface area contributed by atoms with Gasteiger partial charge in [-0.15, -0.1) is 0 Å². The van der Waals surface area contributed by atoms with E-state index in [0.717, 1.165) is 5.56 Å². The highest BCUT2D eigenvalue weighted by Gasteiger charge is 2.19. The van der Waals surface area contributed by atoms with Crippen LogP contribution in [0.15, 0.2) is 18.2 Å². The molecular formula is C14H18N2O2. The van der Waals surface area contributed by atoms with Crippen LogP contribution in [0.1, 0.15) is 29.8 Å². The molecule has 1 amide bonds. The molecular weight excluding hydrogens is 228 g/mol. The van der Waals surface area contributed by atoms with Crippen LogP contribution in [0.2, 0.25) is 0 Å². The molecule has 0 aliphatic rings. The molecule has 0 spiro atoms. The first-order valence-corrected chi connectivity index (χ1v) is 5.83. The zero-order valence-corrected chi connectivity index (χ0v) is 11.2. The lowest BCUT2D eigenvalue weighted by Crippen LogP contribution is -2.37. The van der Waals surface area contributed by atoms with Crippen molar-refractivity contribution in [2.24, 2.45) is 0 Å². The third-order valence-corrected chi connectivity index (χ3v) is 2.78. The summed E-state index contributed by atoms with van der Waals surface area (Å²) in [6.07, 6.45) is 0. The maximum Gasteiger partial charge on any atom is 0.255 e. The van der Waals surface area contributed by atoms with E-state index in [4.69, 9.17) is 10.00 Å². The summed E-state index contributed by atoms with van der Waals surface area (Å²) in [4.78, 5) is 13.8. The molecule has 18 heavy (non-hydrogen) atoms. The van der Waals surface area contributed by atoms with Crippen molar-refractivity contribution < 1.29 is 9.53 Å². The summed E-state index contributed by atoms with van der Waals surface area (Å²) in [5.41, 5.74) is 1.52. The van der Waals surface area contributed by atoms with Crippen molar-refractivity contribution in [2.75, 3.05) is 13.7 Å². The molecule has 0 aliphatic heterocycles. The number of methoxy groups -OCH3 is 1. The van der Waals surface area contributed by atoms with Crippen molar-refractivity contribution >= 4 is 5.91 Å². The number of carbonyl (C=O) groups excluding carboxylic acids is 1. The predicted octanol–water partition coefficient (Wildman–Crippen LogP) is 2.38. The molecule has 0 saturated carbocycles. The van der Waals surface area contributed by atoms with Crippen LogP contribution < -0.4 is 4.74 Å². The lowest BCUT2D eigenvalue weighted by Gasteiger charge is -2.24. The highest BCUT2D eigenvalue weighted by Crippen LogP contribution is 2.20. The van der Waals surface area contributed by atoms with Crippen LogP contribution in [0.4, 0.5) is 0 Å². The summed E-state index contributed by atoms with van der Waals surface area (Å²) in [7, 11) is 1.58. The minimum atomic E-state index is -0.148. The van der Waals surface area contributed by atoms with Crippen molar-refractivity contribution in [2.45, 2.75) is 26.8 Å². The van der Waals surface area contributed by atoms with Gasteiger partial charge in [0.25, 0.3) is 5.91 Å². The largest absolute Gasteiger partial charge is 0.496 e.